The lowest BCUT2D eigenvalue weighted by Gasteiger charge is -2.28. The van der Waals surface area contributed by atoms with Crippen molar-refractivity contribution in [3.05, 3.63) is 34.5 Å². The van der Waals surface area contributed by atoms with E-state index < -0.39 is 17.8 Å². The first-order valence-corrected chi connectivity index (χ1v) is 7.17. The number of nitrogens with zero attached hydrogens (tertiary/aromatic N) is 1. The fraction of sp³-hybridized carbons (Fsp3) is 0.429. The summed E-state index contributed by atoms with van der Waals surface area (Å²) in [5.74, 6) is -2.00. The van der Waals surface area contributed by atoms with Crippen molar-refractivity contribution in [2.45, 2.75) is 19.4 Å². The van der Waals surface area contributed by atoms with Gasteiger partial charge in [-0.15, -0.1) is 0 Å². The van der Waals surface area contributed by atoms with Crippen molar-refractivity contribution in [1.29, 1.82) is 0 Å². The summed E-state index contributed by atoms with van der Waals surface area (Å²) in [6.07, 6.45) is 4.71. The molecule has 19 heavy (non-hydrogen) atoms. The van der Waals surface area contributed by atoms with Crippen LogP contribution in [0.15, 0.2) is 29.0 Å². The number of thiophene rings is 1. The third kappa shape index (κ3) is 3.23. The van der Waals surface area contributed by atoms with E-state index in [9.17, 15) is 14.7 Å². The first-order chi connectivity index (χ1) is 9.09. The summed E-state index contributed by atoms with van der Waals surface area (Å²) < 4.78 is 0. The second-order valence-corrected chi connectivity index (χ2v) is 5.60. The lowest BCUT2D eigenvalue weighted by Crippen LogP contribution is -2.39. The van der Waals surface area contributed by atoms with Gasteiger partial charge in [0.05, 0.1) is 11.8 Å². The molecule has 5 heteroatoms. The minimum atomic E-state index is -0.883. The molecule has 1 aliphatic carbocycles. The zero-order chi connectivity index (χ0) is 13.8. The van der Waals surface area contributed by atoms with E-state index in [4.69, 9.17) is 0 Å². The molecule has 102 valence electrons. The number of rotatable bonds is 4. The summed E-state index contributed by atoms with van der Waals surface area (Å²) in [5.41, 5.74) is 1.08. The summed E-state index contributed by atoms with van der Waals surface area (Å²) in [6, 6.07) is 1.98. The minimum Gasteiger partial charge on any atom is -0.481 e. The van der Waals surface area contributed by atoms with E-state index in [-0.39, 0.29) is 5.91 Å². The predicted octanol–water partition coefficient (Wildman–Crippen LogP) is 2.37. The van der Waals surface area contributed by atoms with Crippen LogP contribution in [0, 0.1) is 11.8 Å². The van der Waals surface area contributed by atoms with Crippen molar-refractivity contribution in [3.8, 4) is 0 Å². The maximum Gasteiger partial charge on any atom is 0.307 e. The van der Waals surface area contributed by atoms with Gasteiger partial charge >= 0.3 is 5.97 Å². The number of aliphatic carboxylic acids is 1. The van der Waals surface area contributed by atoms with Gasteiger partial charge in [-0.1, -0.05) is 12.2 Å². The van der Waals surface area contributed by atoms with Crippen molar-refractivity contribution in [2.75, 3.05) is 7.05 Å². The highest BCUT2D eigenvalue weighted by atomic mass is 32.1. The lowest BCUT2D eigenvalue weighted by atomic mass is 9.82. The highest BCUT2D eigenvalue weighted by Gasteiger charge is 2.35. The molecule has 0 fully saturated rings. The summed E-state index contributed by atoms with van der Waals surface area (Å²) >= 11 is 1.59. The first kappa shape index (κ1) is 13.8. The third-order valence-electron chi connectivity index (χ3n) is 3.44. The number of carbonyl (C=O) groups excluding carboxylic acids is 1. The third-order valence-corrected chi connectivity index (χ3v) is 4.17. The molecule has 1 heterocycles. The highest BCUT2D eigenvalue weighted by Crippen LogP contribution is 2.28. The molecule has 1 amide bonds. The van der Waals surface area contributed by atoms with Gasteiger partial charge < -0.3 is 10.0 Å². The average Bonchev–Trinajstić information content (AvgIpc) is 2.90. The van der Waals surface area contributed by atoms with Gasteiger partial charge in [-0.25, -0.2) is 0 Å². The maximum absolute atomic E-state index is 12.4. The number of hydrogen-bond acceptors (Lipinski definition) is 3. The highest BCUT2D eigenvalue weighted by molar-refractivity contribution is 7.07. The van der Waals surface area contributed by atoms with Crippen LogP contribution in [0.5, 0.6) is 0 Å². The molecule has 2 atom stereocenters. The lowest BCUT2D eigenvalue weighted by molar-refractivity contribution is -0.150. The molecule has 0 aromatic carbocycles. The molecule has 1 aliphatic rings. The quantitative estimate of drug-likeness (QED) is 0.861. The van der Waals surface area contributed by atoms with Gasteiger partial charge in [0.25, 0.3) is 0 Å². The molecule has 0 aliphatic heterocycles. The Morgan fingerprint density at radius 3 is 2.63 bits per heavy atom. The Bertz CT molecular complexity index is 481. The van der Waals surface area contributed by atoms with E-state index in [1.807, 2.05) is 29.0 Å². The summed E-state index contributed by atoms with van der Waals surface area (Å²) in [4.78, 5) is 25.2. The van der Waals surface area contributed by atoms with Crippen molar-refractivity contribution >= 4 is 23.2 Å². The Morgan fingerprint density at radius 2 is 2.05 bits per heavy atom. The Balaban J connectivity index is 2.05. The molecule has 2 unspecified atom stereocenters. The Kier molecular flexibility index (Phi) is 4.37. The molecule has 2 rings (SSSR count). The number of hydrogen-bond donors (Lipinski definition) is 1. The van der Waals surface area contributed by atoms with Crippen molar-refractivity contribution in [1.82, 2.24) is 4.90 Å². The van der Waals surface area contributed by atoms with E-state index in [1.165, 1.54) is 0 Å². The summed E-state index contributed by atoms with van der Waals surface area (Å²) in [6.45, 7) is 0.537. The van der Waals surface area contributed by atoms with Gasteiger partial charge in [-0.05, 0) is 35.2 Å². The standard InChI is InChI=1S/C14H17NO3S/c1-15(8-10-6-7-19-9-10)13(16)11-4-2-3-5-12(11)14(17)18/h2-3,6-7,9,11-12H,4-5,8H2,1H3,(H,17,18). The van der Waals surface area contributed by atoms with Crippen molar-refractivity contribution in [2.24, 2.45) is 11.8 Å². The van der Waals surface area contributed by atoms with Crippen molar-refractivity contribution in [3.63, 3.8) is 0 Å². The van der Waals surface area contributed by atoms with Crippen LogP contribution >= 0.6 is 11.3 Å². The van der Waals surface area contributed by atoms with Gasteiger partial charge in [0.1, 0.15) is 0 Å². The molecule has 0 spiro atoms. The van der Waals surface area contributed by atoms with E-state index in [2.05, 4.69) is 0 Å². The molecule has 0 saturated carbocycles. The molecule has 4 nitrogen and oxygen atoms in total. The van der Waals surface area contributed by atoms with E-state index >= 15 is 0 Å². The molecule has 1 aromatic rings. The Labute approximate surface area is 116 Å². The molecule has 1 N–H and O–H groups in total. The van der Waals surface area contributed by atoms with Crippen LogP contribution in [0.1, 0.15) is 18.4 Å². The number of carboxylic acids is 1. The number of carbonyl (C=O) groups is 2. The Hall–Kier alpha value is -1.62. The summed E-state index contributed by atoms with van der Waals surface area (Å²) in [5, 5.41) is 13.2. The SMILES string of the molecule is CN(Cc1ccsc1)C(=O)C1CC=CCC1C(=O)O. The van der Waals surface area contributed by atoms with Gasteiger partial charge in [0.2, 0.25) is 5.91 Å². The van der Waals surface area contributed by atoms with Crippen LogP contribution in [-0.4, -0.2) is 28.9 Å². The molecular formula is C14H17NO3S. The normalized spacial score (nSPS) is 22.2. The zero-order valence-electron chi connectivity index (χ0n) is 10.8. The molecule has 0 saturated heterocycles. The van der Waals surface area contributed by atoms with Crippen molar-refractivity contribution < 1.29 is 14.7 Å². The van der Waals surface area contributed by atoms with E-state index in [0.29, 0.717) is 19.4 Å². The number of amides is 1. The van der Waals surface area contributed by atoms with Gasteiger partial charge in [-0.3, -0.25) is 9.59 Å². The molecule has 1 aromatic heterocycles. The van der Waals surface area contributed by atoms with Crippen LogP contribution in [0.25, 0.3) is 0 Å². The van der Waals surface area contributed by atoms with Crippen LogP contribution < -0.4 is 0 Å². The topological polar surface area (TPSA) is 57.6 Å². The van der Waals surface area contributed by atoms with E-state index in [1.54, 1.807) is 23.3 Å². The largest absolute Gasteiger partial charge is 0.481 e. The maximum atomic E-state index is 12.4. The zero-order valence-corrected chi connectivity index (χ0v) is 11.6. The van der Waals surface area contributed by atoms with Gasteiger partial charge in [0, 0.05) is 13.6 Å². The monoisotopic (exact) mass is 279 g/mol. The molecule has 0 bridgehead atoms. The van der Waals surface area contributed by atoms with E-state index in [0.717, 1.165) is 5.56 Å². The summed E-state index contributed by atoms with van der Waals surface area (Å²) in [7, 11) is 1.73. The fourth-order valence-corrected chi connectivity index (χ4v) is 3.04. The smallest absolute Gasteiger partial charge is 0.307 e. The fourth-order valence-electron chi connectivity index (χ4n) is 2.38. The van der Waals surface area contributed by atoms with Crippen LogP contribution in [0.2, 0.25) is 0 Å². The molecular weight excluding hydrogens is 262 g/mol. The average molecular weight is 279 g/mol. The number of carboxylic acid groups (broad SMARTS) is 1. The van der Waals surface area contributed by atoms with Gasteiger partial charge in [-0.2, -0.15) is 11.3 Å². The Morgan fingerprint density at radius 1 is 1.37 bits per heavy atom. The minimum absolute atomic E-state index is 0.0806. The second-order valence-electron chi connectivity index (χ2n) is 4.82. The first-order valence-electron chi connectivity index (χ1n) is 6.23. The number of allylic oxidation sites excluding steroid dienone is 2. The van der Waals surface area contributed by atoms with Crippen LogP contribution in [0.4, 0.5) is 0 Å². The van der Waals surface area contributed by atoms with Gasteiger partial charge in [0.15, 0.2) is 0 Å². The van der Waals surface area contributed by atoms with Crippen LogP contribution in [-0.2, 0) is 16.1 Å². The van der Waals surface area contributed by atoms with Crippen LogP contribution in [0.3, 0.4) is 0 Å². The molecule has 0 radical (unpaired) electrons. The second kappa shape index (κ2) is 6.02. The predicted molar refractivity (Wildman–Crippen MR) is 73.8 cm³/mol.